The van der Waals surface area contributed by atoms with Gasteiger partial charge in [0, 0.05) is 36.7 Å². The second kappa shape index (κ2) is 4.30. The minimum Gasteiger partial charge on any atom is -0.352 e. The Balaban J connectivity index is 1.70. The molecule has 17 heavy (non-hydrogen) atoms. The Morgan fingerprint density at radius 1 is 1.35 bits per heavy atom. The molecule has 0 saturated carbocycles. The molecule has 3 nitrogen and oxygen atoms in total. The van der Waals surface area contributed by atoms with E-state index in [1.54, 1.807) is 11.3 Å². The average molecular weight is 243 g/mol. The normalized spacial score (nSPS) is 14.1. The van der Waals surface area contributed by atoms with Gasteiger partial charge in [-0.05, 0) is 5.56 Å². The Morgan fingerprint density at radius 2 is 2.24 bits per heavy atom. The predicted octanol–water partition coefficient (Wildman–Crippen LogP) is 2.53. The van der Waals surface area contributed by atoms with Crippen LogP contribution in [0.3, 0.4) is 0 Å². The number of hydrogen-bond acceptors (Lipinski definition) is 3. The molecule has 0 bridgehead atoms. The zero-order valence-corrected chi connectivity index (χ0v) is 10.2. The maximum Gasteiger partial charge on any atom is 0.128 e. The van der Waals surface area contributed by atoms with Gasteiger partial charge in [-0.25, -0.2) is 4.98 Å². The van der Waals surface area contributed by atoms with Gasteiger partial charge in [0.2, 0.25) is 0 Å². The van der Waals surface area contributed by atoms with E-state index in [9.17, 15) is 0 Å². The Hall–Kier alpha value is -1.68. The lowest BCUT2D eigenvalue weighted by Gasteiger charge is -2.16. The highest BCUT2D eigenvalue weighted by molar-refractivity contribution is 7.09. The molecule has 1 aromatic heterocycles. The van der Waals surface area contributed by atoms with Gasteiger partial charge in [0.15, 0.2) is 0 Å². The summed E-state index contributed by atoms with van der Waals surface area (Å²) in [4.78, 5) is 6.39. The van der Waals surface area contributed by atoms with Crippen LogP contribution in [-0.4, -0.2) is 22.3 Å². The highest BCUT2D eigenvalue weighted by atomic mass is 32.1. The minimum absolute atomic E-state index is 0.650. The van der Waals surface area contributed by atoms with Gasteiger partial charge in [0.25, 0.3) is 0 Å². The maximum absolute atomic E-state index is 8.13. The fourth-order valence-corrected chi connectivity index (χ4v) is 2.75. The van der Waals surface area contributed by atoms with E-state index in [-0.39, 0.29) is 0 Å². The molecule has 2 aromatic rings. The van der Waals surface area contributed by atoms with Crippen LogP contribution in [0.1, 0.15) is 16.1 Å². The molecule has 0 radical (unpaired) electrons. The smallest absolute Gasteiger partial charge is 0.128 e. The first-order chi connectivity index (χ1) is 8.34. The zero-order valence-electron chi connectivity index (χ0n) is 9.39. The van der Waals surface area contributed by atoms with Crippen LogP contribution in [0.2, 0.25) is 0 Å². The van der Waals surface area contributed by atoms with Gasteiger partial charge in [-0.15, -0.1) is 11.3 Å². The summed E-state index contributed by atoms with van der Waals surface area (Å²) in [6.45, 7) is 1.74. The van der Waals surface area contributed by atoms with Crippen molar-refractivity contribution in [2.75, 3.05) is 6.54 Å². The number of amidine groups is 1. The van der Waals surface area contributed by atoms with Crippen LogP contribution in [0.4, 0.5) is 0 Å². The van der Waals surface area contributed by atoms with Gasteiger partial charge >= 0.3 is 0 Å². The van der Waals surface area contributed by atoms with Crippen LogP contribution in [0.15, 0.2) is 35.8 Å². The molecule has 1 aliphatic heterocycles. The monoisotopic (exact) mass is 243 g/mol. The molecule has 0 amide bonds. The van der Waals surface area contributed by atoms with Crippen LogP contribution in [-0.2, 0) is 13.0 Å². The maximum atomic E-state index is 8.13. The van der Waals surface area contributed by atoms with E-state index < -0.39 is 0 Å². The summed E-state index contributed by atoms with van der Waals surface area (Å²) in [5.74, 6) is 0.650. The van der Waals surface area contributed by atoms with Crippen molar-refractivity contribution in [1.82, 2.24) is 9.88 Å². The van der Waals surface area contributed by atoms with Crippen molar-refractivity contribution in [3.8, 4) is 0 Å². The van der Waals surface area contributed by atoms with Crippen LogP contribution in [0.25, 0.3) is 0 Å². The van der Waals surface area contributed by atoms with Crippen molar-refractivity contribution >= 4 is 17.2 Å². The third-order valence-electron chi connectivity index (χ3n) is 3.03. The van der Waals surface area contributed by atoms with Gasteiger partial charge in [0.05, 0.1) is 5.01 Å². The summed E-state index contributed by atoms with van der Waals surface area (Å²) < 4.78 is 0. The molecule has 0 spiro atoms. The van der Waals surface area contributed by atoms with E-state index in [4.69, 9.17) is 5.41 Å². The number of nitrogens with one attached hydrogen (secondary N) is 1. The second-order valence-corrected chi connectivity index (χ2v) is 5.08. The molecular formula is C13H13N3S. The molecule has 1 N–H and O–H groups in total. The van der Waals surface area contributed by atoms with Crippen LogP contribution >= 0.6 is 11.3 Å². The molecule has 1 aromatic carbocycles. The Morgan fingerprint density at radius 3 is 3.00 bits per heavy atom. The van der Waals surface area contributed by atoms with Crippen molar-refractivity contribution in [1.29, 1.82) is 5.41 Å². The number of rotatable bonds is 3. The lowest BCUT2D eigenvalue weighted by atomic mass is 10.1. The van der Waals surface area contributed by atoms with Crippen molar-refractivity contribution in [3.05, 3.63) is 52.0 Å². The molecule has 0 aliphatic carbocycles. The number of aromatic nitrogens is 1. The molecule has 0 unspecified atom stereocenters. The van der Waals surface area contributed by atoms with Gasteiger partial charge in [-0.1, -0.05) is 24.3 Å². The first-order valence-electron chi connectivity index (χ1n) is 5.65. The van der Waals surface area contributed by atoms with E-state index in [1.165, 1.54) is 5.56 Å². The number of nitrogens with zero attached hydrogens (tertiary/aromatic N) is 2. The van der Waals surface area contributed by atoms with Crippen molar-refractivity contribution in [2.45, 2.75) is 13.0 Å². The molecule has 0 saturated heterocycles. The molecule has 4 heteroatoms. The Bertz CT molecular complexity index is 533. The zero-order chi connectivity index (χ0) is 11.7. The molecule has 86 valence electrons. The summed E-state index contributed by atoms with van der Waals surface area (Å²) in [7, 11) is 0. The predicted molar refractivity (Wildman–Crippen MR) is 69.5 cm³/mol. The summed E-state index contributed by atoms with van der Waals surface area (Å²) in [5.41, 5.74) is 2.34. The van der Waals surface area contributed by atoms with Crippen LogP contribution < -0.4 is 0 Å². The largest absolute Gasteiger partial charge is 0.352 e. The summed E-state index contributed by atoms with van der Waals surface area (Å²) >= 11 is 1.68. The van der Waals surface area contributed by atoms with Crippen LogP contribution in [0.5, 0.6) is 0 Å². The molecule has 2 heterocycles. The number of benzene rings is 1. The van der Waals surface area contributed by atoms with Gasteiger partial charge in [-0.3, -0.25) is 5.41 Å². The van der Waals surface area contributed by atoms with Crippen LogP contribution in [0, 0.1) is 5.41 Å². The minimum atomic E-state index is 0.650. The lowest BCUT2D eigenvalue weighted by molar-refractivity contribution is 0.432. The third-order valence-corrected chi connectivity index (χ3v) is 3.87. The fraction of sp³-hybridized carbons (Fsp3) is 0.231. The summed E-state index contributed by atoms with van der Waals surface area (Å²) in [6.07, 6.45) is 2.76. The first-order valence-corrected chi connectivity index (χ1v) is 6.53. The first kappa shape index (κ1) is 10.5. The lowest BCUT2D eigenvalue weighted by Crippen LogP contribution is -2.26. The van der Waals surface area contributed by atoms with E-state index in [2.05, 4.69) is 16.0 Å². The number of hydrogen-bond donors (Lipinski definition) is 1. The van der Waals surface area contributed by atoms with Crippen molar-refractivity contribution < 1.29 is 0 Å². The average Bonchev–Trinajstić information content (AvgIpc) is 2.96. The fourth-order valence-electron chi connectivity index (χ4n) is 2.14. The topological polar surface area (TPSA) is 40.0 Å². The quantitative estimate of drug-likeness (QED) is 0.899. The van der Waals surface area contributed by atoms with Crippen molar-refractivity contribution in [2.24, 2.45) is 0 Å². The summed E-state index contributed by atoms with van der Waals surface area (Å²) in [5, 5.41) is 11.3. The number of thiazole rings is 1. The Kier molecular flexibility index (Phi) is 2.65. The molecular weight excluding hydrogens is 230 g/mol. The van der Waals surface area contributed by atoms with Gasteiger partial charge in [0.1, 0.15) is 5.84 Å². The number of fused-ring (bicyclic) bond motifs is 1. The Labute approximate surface area is 104 Å². The highest BCUT2D eigenvalue weighted by Gasteiger charge is 2.22. The molecule has 0 fully saturated rings. The van der Waals surface area contributed by atoms with Gasteiger partial charge < -0.3 is 4.90 Å². The van der Waals surface area contributed by atoms with E-state index in [1.807, 2.05) is 29.8 Å². The summed E-state index contributed by atoms with van der Waals surface area (Å²) in [6, 6.07) is 8.17. The van der Waals surface area contributed by atoms with Crippen molar-refractivity contribution in [3.63, 3.8) is 0 Å². The van der Waals surface area contributed by atoms with E-state index >= 15 is 0 Å². The van der Waals surface area contributed by atoms with E-state index in [0.29, 0.717) is 5.84 Å². The molecule has 3 rings (SSSR count). The van der Waals surface area contributed by atoms with E-state index in [0.717, 1.165) is 30.1 Å². The standard InChI is InChI=1S/C13H13N3S/c14-13-11-4-2-1-3-10(11)9-16(13)7-5-12-15-6-8-17-12/h1-4,6,8,14H,5,7,9H2. The second-order valence-electron chi connectivity index (χ2n) is 4.10. The highest BCUT2D eigenvalue weighted by Crippen LogP contribution is 2.22. The SMILES string of the molecule is N=C1c2ccccc2CN1CCc1nccs1. The molecule has 1 aliphatic rings. The third kappa shape index (κ3) is 1.96. The molecule has 0 atom stereocenters. The van der Waals surface area contributed by atoms with Gasteiger partial charge in [-0.2, -0.15) is 0 Å².